The third-order valence-corrected chi connectivity index (χ3v) is 11.3. The molecule has 0 amide bonds. The van der Waals surface area contributed by atoms with Gasteiger partial charge in [-0.15, -0.1) is 0 Å². The molecule has 0 bridgehead atoms. The van der Waals surface area contributed by atoms with Crippen LogP contribution < -0.4 is 0 Å². The van der Waals surface area contributed by atoms with Gasteiger partial charge in [-0.05, 0) is 0 Å². The summed E-state index contributed by atoms with van der Waals surface area (Å²) in [5.41, 5.74) is 0. The molecule has 0 aromatic heterocycles. The minimum absolute atomic E-state index is 0.556. The molecule has 6 atom stereocenters. The Morgan fingerprint density at radius 1 is 0.727 bits per heavy atom. The van der Waals surface area contributed by atoms with Crippen LogP contribution in [0.3, 0.4) is 0 Å². The van der Waals surface area contributed by atoms with Crippen molar-refractivity contribution < 1.29 is 3.83 Å². The Morgan fingerprint density at radius 2 is 1.09 bits per heavy atom. The van der Waals surface area contributed by atoms with E-state index in [4.69, 9.17) is 0 Å². The zero-order chi connectivity index (χ0) is 16.4. The van der Waals surface area contributed by atoms with Gasteiger partial charge in [0.15, 0.2) is 0 Å². The van der Waals surface area contributed by atoms with Gasteiger partial charge in [0.2, 0.25) is 0 Å². The fourth-order valence-corrected chi connectivity index (χ4v) is 11.4. The summed E-state index contributed by atoms with van der Waals surface area (Å²) in [5.74, 6) is 4.44. The average Bonchev–Trinajstić information content (AvgIpc) is 2.45. The molecule has 22 heavy (non-hydrogen) atoms. The van der Waals surface area contributed by atoms with E-state index in [1.54, 1.807) is 0 Å². The van der Waals surface area contributed by atoms with Gasteiger partial charge in [-0.3, -0.25) is 0 Å². The fourth-order valence-electron chi connectivity index (χ4n) is 4.99. The third kappa shape index (κ3) is 4.23. The van der Waals surface area contributed by atoms with Gasteiger partial charge < -0.3 is 0 Å². The predicted molar refractivity (Wildman–Crippen MR) is 96.6 cm³/mol. The van der Waals surface area contributed by atoms with E-state index in [9.17, 15) is 3.83 Å². The molecule has 0 spiro atoms. The molecular formula is C20H38OSe. The van der Waals surface area contributed by atoms with Crippen LogP contribution in [-0.2, 0) is 3.83 Å². The van der Waals surface area contributed by atoms with Crippen molar-refractivity contribution >= 4 is 13.8 Å². The quantitative estimate of drug-likeness (QED) is 0.526. The van der Waals surface area contributed by atoms with Crippen molar-refractivity contribution in [1.29, 1.82) is 0 Å². The number of rotatable bonds is 4. The van der Waals surface area contributed by atoms with Crippen molar-refractivity contribution in [2.24, 2.45) is 35.5 Å². The van der Waals surface area contributed by atoms with E-state index < -0.39 is 13.8 Å². The van der Waals surface area contributed by atoms with Gasteiger partial charge in [-0.1, -0.05) is 0 Å². The Labute approximate surface area is 143 Å². The first-order chi connectivity index (χ1) is 10.3. The summed E-state index contributed by atoms with van der Waals surface area (Å²) in [6.07, 6.45) is 7.83. The van der Waals surface area contributed by atoms with Gasteiger partial charge in [-0.25, -0.2) is 0 Å². The summed E-state index contributed by atoms with van der Waals surface area (Å²) in [6, 6.07) is 0. The molecule has 2 aliphatic carbocycles. The standard InChI is InChI=1S/C20H38OSe/c1-13(2)17-9-7-15(5)11-19(17)22(21)20-12-16(6)8-10-18(20)14(3)4/h13-20H,7-12H2,1-6H3/t15-,16-,17+,18+,19-,20-/m1/s1. The Morgan fingerprint density at radius 3 is 1.41 bits per heavy atom. The van der Waals surface area contributed by atoms with Crippen LogP contribution in [0, 0.1) is 35.5 Å². The van der Waals surface area contributed by atoms with Crippen LogP contribution in [-0.4, -0.2) is 13.8 Å². The Bertz CT molecular complexity index is 342. The van der Waals surface area contributed by atoms with Crippen molar-refractivity contribution in [3.8, 4) is 0 Å². The third-order valence-electron chi connectivity index (χ3n) is 6.52. The van der Waals surface area contributed by atoms with Crippen LogP contribution >= 0.6 is 0 Å². The van der Waals surface area contributed by atoms with Gasteiger partial charge in [0.1, 0.15) is 0 Å². The van der Waals surface area contributed by atoms with Crippen LogP contribution in [0.2, 0.25) is 9.63 Å². The van der Waals surface area contributed by atoms with E-state index in [1.807, 2.05) is 0 Å². The molecule has 0 N–H and O–H groups in total. The molecule has 0 radical (unpaired) electrons. The van der Waals surface area contributed by atoms with Crippen molar-refractivity contribution in [3.63, 3.8) is 0 Å². The predicted octanol–water partition coefficient (Wildman–Crippen LogP) is 6.33. The molecule has 0 aromatic carbocycles. The second kappa shape index (κ2) is 7.93. The summed E-state index contributed by atoms with van der Waals surface area (Å²) in [7, 11) is 0. The van der Waals surface area contributed by atoms with Crippen molar-refractivity contribution in [3.05, 3.63) is 0 Å². The molecular weight excluding hydrogens is 335 g/mol. The molecule has 2 fully saturated rings. The summed E-state index contributed by atoms with van der Waals surface area (Å²) < 4.78 is 13.7. The van der Waals surface area contributed by atoms with Crippen LogP contribution in [0.15, 0.2) is 0 Å². The molecule has 2 saturated carbocycles. The van der Waals surface area contributed by atoms with Gasteiger partial charge in [0.05, 0.1) is 0 Å². The topological polar surface area (TPSA) is 17.1 Å². The van der Waals surface area contributed by atoms with E-state index in [2.05, 4.69) is 41.5 Å². The molecule has 0 aliphatic heterocycles. The monoisotopic (exact) mass is 374 g/mol. The first kappa shape index (κ1) is 18.7. The number of hydrogen-bond acceptors (Lipinski definition) is 1. The molecule has 130 valence electrons. The number of hydrogen-bond donors (Lipinski definition) is 0. The Hall–Kier alpha value is 0.319. The molecule has 0 heterocycles. The molecule has 0 unspecified atom stereocenters. The van der Waals surface area contributed by atoms with E-state index in [0.717, 1.165) is 23.7 Å². The SMILES string of the molecule is CC(C)[C@@H]1CC[C@@H](C)C[C@H]1[Se](=O)[C@@H]1C[C@H](C)CC[C@H]1C(C)C. The van der Waals surface area contributed by atoms with Crippen molar-refractivity contribution in [2.45, 2.75) is 89.7 Å². The van der Waals surface area contributed by atoms with Crippen LogP contribution in [0.1, 0.15) is 80.1 Å². The molecule has 1 nitrogen and oxygen atoms in total. The maximum atomic E-state index is 13.7. The fraction of sp³-hybridized carbons (Fsp3) is 1.00. The van der Waals surface area contributed by atoms with E-state index >= 15 is 0 Å². The normalized spacial score (nSPS) is 40.6. The Kier molecular flexibility index (Phi) is 6.72. The second-order valence-corrected chi connectivity index (χ2v) is 13.0. The van der Waals surface area contributed by atoms with Crippen molar-refractivity contribution in [2.75, 3.05) is 0 Å². The Balaban J connectivity index is 2.18. The summed E-state index contributed by atoms with van der Waals surface area (Å²) >= 11 is -1.76. The van der Waals surface area contributed by atoms with E-state index in [0.29, 0.717) is 21.5 Å². The van der Waals surface area contributed by atoms with Crippen LogP contribution in [0.5, 0.6) is 0 Å². The maximum absolute atomic E-state index is 13.7. The molecule has 0 saturated heterocycles. The minimum atomic E-state index is -1.76. The zero-order valence-electron chi connectivity index (χ0n) is 15.7. The van der Waals surface area contributed by atoms with Crippen molar-refractivity contribution in [1.82, 2.24) is 0 Å². The van der Waals surface area contributed by atoms with Gasteiger partial charge in [-0.2, -0.15) is 0 Å². The first-order valence-electron chi connectivity index (χ1n) is 9.70. The summed E-state index contributed by atoms with van der Waals surface area (Å²) in [6.45, 7) is 14.2. The van der Waals surface area contributed by atoms with E-state index in [-0.39, 0.29) is 0 Å². The van der Waals surface area contributed by atoms with Gasteiger partial charge in [0.25, 0.3) is 0 Å². The van der Waals surface area contributed by atoms with Crippen LogP contribution in [0.4, 0.5) is 0 Å². The second-order valence-electron chi connectivity index (χ2n) is 9.06. The summed E-state index contributed by atoms with van der Waals surface area (Å²) in [4.78, 5) is 1.11. The van der Waals surface area contributed by atoms with Gasteiger partial charge >= 0.3 is 143 Å². The molecule has 2 rings (SSSR count). The van der Waals surface area contributed by atoms with Gasteiger partial charge in [0, 0.05) is 0 Å². The average molecular weight is 373 g/mol. The van der Waals surface area contributed by atoms with E-state index in [1.165, 1.54) is 38.5 Å². The molecule has 2 heteroatoms. The molecule has 2 aliphatic rings. The van der Waals surface area contributed by atoms with Crippen LogP contribution in [0.25, 0.3) is 0 Å². The summed E-state index contributed by atoms with van der Waals surface area (Å²) in [5, 5.41) is 0. The molecule has 0 aromatic rings. The first-order valence-corrected chi connectivity index (χ1v) is 12.4. The zero-order valence-corrected chi connectivity index (χ0v) is 17.4.